The molecule has 7 nitrogen and oxygen atoms in total. The van der Waals surface area contributed by atoms with Crippen molar-refractivity contribution in [2.75, 3.05) is 7.11 Å². The Morgan fingerprint density at radius 3 is 2.73 bits per heavy atom. The summed E-state index contributed by atoms with van der Waals surface area (Å²) in [5.74, 6) is -0.142. The first-order valence-electron chi connectivity index (χ1n) is 3.89. The van der Waals surface area contributed by atoms with Gasteiger partial charge in [-0.15, -0.1) is 0 Å². The van der Waals surface area contributed by atoms with Crippen LogP contribution in [0.5, 0.6) is 5.75 Å². The van der Waals surface area contributed by atoms with Crippen LogP contribution in [-0.4, -0.2) is 18.1 Å². The molecule has 1 aromatic carbocycles. The third kappa shape index (κ3) is 2.92. The van der Waals surface area contributed by atoms with Gasteiger partial charge < -0.3 is 4.74 Å². The van der Waals surface area contributed by atoms with Crippen molar-refractivity contribution in [1.29, 1.82) is 0 Å². The average molecular weight is 212 g/mol. The van der Waals surface area contributed by atoms with E-state index in [0.717, 1.165) is 0 Å². The standard InChI is InChI=1S/C8H8N2O5/c1-14-9-8(11)15-7-5-3-2-4-6(7)10(12)13/h2-5H,1H3,(H,9,11). The van der Waals surface area contributed by atoms with Crippen molar-refractivity contribution in [1.82, 2.24) is 5.48 Å². The number of amides is 1. The number of benzene rings is 1. The van der Waals surface area contributed by atoms with Crippen LogP contribution in [0.4, 0.5) is 10.5 Å². The van der Waals surface area contributed by atoms with Gasteiger partial charge in [-0.1, -0.05) is 12.1 Å². The van der Waals surface area contributed by atoms with E-state index in [1.54, 1.807) is 0 Å². The van der Waals surface area contributed by atoms with Gasteiger partial charge in [-0.05, 0) is 6.07 Å². The smallest absolute Gasteiger partial charge is 0.401 e. The predicted octanol–water partition coefficient (Wildman–Crippen LogP) is 1.24. The fourth-order valence-electron chi connectivity index (χ4n) is 0.898. The molecule has 0 radical (unpaired) electrons. The summed E-state index contributed by atoms with van der Waals surface area (Å²) in [4.78, 5) is 25.1. The topological polar surface area (TPSA) is 90.7 Å². The zero-order chi connectivity index (χ0) is 11.3. The minimum absolute atomic E-state index is 0.142. The van der Waals surface area contributed by atoms with Gasteiger partial charge in [0.25, 0.3) is 0 Å². The van der Waals surface area contributed by atoms with Gasteiger partial charge in [0.2, 0.25) is 5.75 Å². The summed E-state index contributed by atoms with van der Waals surface area (Å²) in [6.07, 6.45) is -0.924. The Morgan fingerprint density at radius 2 is 2.13 bits per heavy atom. The molecule has 0 aliphatic rings. The van der Waals surface area contributed by atoms with E-state index in [1.807, 2.05) is 5.48 Å². The summed E-state index contributed by atoms with van der Waals surface area (Å²) in [6.45, 7) is 0. The van der Waals surface area contributed by atoms with Gasteiger partial charge in [0.15, 0.2) is 0 Å². The number of nitrogens with one attached hydrogen (secondary N) is 1. The van der Waals surface area contributed by atoms with Crippen molar-refractivity contribution >= 4 is 11.8 Å². The van der Waals surface area contributed by atoms with E-state index in [9.17, 15) is 14.9 Å². The number of carbonyl (C=O) groups is 1. The van der Waals surface area contributed by atoms with Gasteiger partial charge in [0, 0.05) is 6.07 Å². The van der Waals surface area contributed by atoms with E-state index in [-0.39, 0.29) is 11.4 Å². The number of carbonyl (C=O) groups excluding carboxylic acids is 1. The molecule has 0 saturated heterocycles. The first kappa shape index (κ1) is 10.9. The minimum Gasteiger partial charge on any atom is -0.401 e. The minimum atomic E-state index is -0.924. The number of hydrogen-bond acceptors (Lipinski definition) is 5. The maximum atomic E-state index is 10.9. The molecule has 0 bridgehead atoms. The molecular weight excluding hydrogens is 204 g/mol. The highest BCUT2D eigenvalue weighted by molar-refractivity contribution is 5.70. The summed E-state index contributed by atoms with van der Waals surface area (Å²) >= 11 is 0. The lowest BCUT2D eigenvalue weighted by Crippen LogP contribution is -2.25. The highest BCUT2D eigenvalue weighted by atomic mass is 16.7. The third-order valence-electron chi connectivity index (χ3n) is 1.45. The predicted molar refractivity (Wildman–Crippen MR) is 49.3 cm³/mol. The van der Waals surface area contributed by atoms with E-state index in [1.165, 1.54) is 31.4 Å². The molecule has 0 fully saturated rings. The fourth-order valence-corrected chi connectivity index (χ4v) is 0.898. The summed E-state index contributed by atoms with van der Waals surface area (Å²) in [7, 11) is 1.22. The molecule has 1 amide bonds. The molecule has 0 aliphatic carbocycles. The first-order chi connectivity index (χ1) is 7.15. The van der Waals surface area contributed by atoms with Crippen molar-refractivity contribution in [3.05, 3.63) is 34.4 Å². The van der Waals surface area contributed by atoms with Crippen LogP contribution in [0.3, 0.4) is 0 Å². The van der Waals surface area contributed by atoms with E-state index in [0.29, 0.717) is 0 Å². The van der Waals surface area contributed by atoms with Gasteiger partial charge in [-0.3, -0.25) is 15.0 Å². The van der Waals surface area contributed by atoms with Crippen LogP contribution in [0.15, 0.2) is 24.3 Å². The molecule has 0 saturated carbocycles. The van der Waals surface area contributed by atoms with Gasteiger partial charge in [-0.2, -0.15) is 5.48 Å². The van der Waals surface area contributed by atoms with Crippen LogP contribution in [0.1, 0.15) is 0 Å². The molecule has 0 aromatic heterocycles. The highest BCUT2D eigenvalue weighted by Crippen LogP contribution is 2.25. The summed E-state index contributed by atoms with van der Waals surface area (Å²) in [5.41, 5.74) is 1.59. The van der Waals surface area contributed by atoms with Crippen LogP contribution >= 0.6 is 0 Å². The molecule has 0 unspecified atom stereocenters. The molecule has 15 heavy (non-hydrogen) atoms. The van der Waals surface area contributed by atoms with Crippen molar-refractivity contribution in [3.63, 3.8) is 0 Å². The molecule has 1 rings (SSSR count). The molecule has 80 valence electrons. The molecular formula is C8H8N2O5. The van der Waals surface area contributed by atoms with Gasteiger partial charge in [-0.25, -0.2) is 4.79 Å². The Bertz CT molecular complexity index is 379. The van der Waals surface area contributed by atoms with Gasteiger partial charge >= 0.3 is 11.8 Å². The Kier molecular flexibility index (Phi) is 3.58. The largest absolute Gasteiger partial charge is 0.436 e. The number of rotatable bonds is 3. The number of nitro groups is 1. The van der Waals surface area contributed by atoms with Crippen LogP contribution < -0.4 is 10.2 Å². The van der Waals surface area contributed by atoms with Crippen LogP contribution in [0.25, 0.3) is 0 Å². The van der Waals surface area contributed by atoms with Gasteiger partial charge in [0.05, 0.1) is 12.0 Å². The van der Waals surface area contributed by atoms with Crippen molar-refractivity contribution in [2.45, 2.75) is 0 Å². The second-order valence-corrected chi connectivity index (χ2v) is 2.42. The van der Waals surface area contributed by atoms with Crippen LogP contribution in [-0.2, 0) is 4.84 Å². The van der Waals surface area contributed by atoms with Crippen molar-refractivity contribution < 1.29 is 19.3 Å². The Hall–Kier alpha value is -2.15. The number of hydrogen-bond donors (Lipinski definition) is 1. The number of nitro benzene ring substituents is 1. The molecule has 0 atom stereocenters. The van der Waals surface area contributed by atoms with Crippen LogP contribution in [0.2, 0.25) is 0 Å². The van der Waals surface area contributed by atoms with E-state index >= 15 is 0 Å². The molecule has 1 N–H and O–H groups in total. The molecule has 0 heterocycles. The summed E-state index contributed by atoms with van der Waals surface area (Å²) < 4.78 is 4.63. The number of para-hydroxylation sites is 2. The van der Waals surface area contributed by atoms with E-state index < -0.39 is 11.0 Å². The summed E-state index contributed by atoms with van der Waals surface area (Å²) in [5, 5.41) is 10.5. The lowest BCUT2D eigenvalue weighted by Gasteiger charge is -2.04. The average Bonchev–Trinajstić information content (AvgIpc) is 2.18. The lowest BCUT2D eigenvalue weighted by molar-refractivity contribution is -0.385. The highest BCUT2D eigenvalue weighted by Gasteiger charge is 2.16. The molecule has 7 heteroatoms. The maximum absolute atomic E-state index is 10.9. The fraction of sp³-hybridized carbons (Fsp3) is 0.125. The van der Waals surface area contributed by atoms with Crippen molar-refractivity contribution in [3.8, 4) is 5.75 Å². The Labute approximate surface area is 84.7 Å². The molecule has 0 spiro atoms. The van der Waals surface area contributed by atoms with Crippen molar-refractivity contribution in [2.24, 2.45) is 0 Å². The second kappa shape index (κ2) is 4.91. The quantitative estimate of drug-likeness (QED) is 0.601. The number of nitrogens with zero attached hydrogens (tertiary/aromatic N) is 1. The Balaban J connectivity index is 2.84. The first-order valence-corrected chi connectivity index (χ1v) is 3.89. The third-order valence-corrected chi connectivity index (χ3v) is 1.45. The van der Waals surface area contributed by atoms with E-state index in [2.05, 4.69) is 9.57 Å². The van der Waals surface area contributed by atoms with Crippen LogP contribution in [0, 0.1) is 10.1 Å². The SMILES string of the molecule is CONC(=O)Oc1ccccc1[N+](=O)[O-]. The molecule has 1 aromatic rings. The number of ether oxygens (including phenoxy) is 1. The van der Waals surface area contributed by atoms with Gasteiger partial charge in [0.1, 0.15) is 0 Å². The normalized spacial score (nSPS) is 9.40. The summed E-state index contributed by atoms with van der Waals surface area (Å²) in [6, 6.07) is 5.53. The second-order valence-electron chi connectivity index (χ2n) is 2.42. The molecule has 0 aliphatic heterocycles. The number of hydroxylamine groups is 1. The Morgan fingerprint density at radius 1 is 1.47 bits per heavy atom. The zero-order valence-corrected chi connectivity index (χ0v) is 7.80. The lowest BCUT2D eigenvalue weighted by atomic mass is 10.3. The maximum Gasteiger partial charge on any atom is 0.436 e. The van der Waals surface area contributed by atoms with E-state index in [4.69, 9.17) is 0 Å². The zero-order valence-electron chi connectivity index (χ0n) is 7.80. The monoisotopic (exact) mass is 212 g/mol.